The van der Waals surface area contributed by atoms with E-state index in [1.807, 2.05) is 4.98 Å². The summed E-state index contributed by atoms with van der Waals surface area (Å²) in [7, 11) is -4.70. The summed E-state index contributed by atoms with van der Waals surface area (Å²) in [5, 5.41) is 29.4. The van der Waals surface area contributed by atoms with E-state index in [9.17, 15) is 39.4 Å². The number of benzene rings is 1. The van der Waals surface area contributed by atoms with Crippen LogP contribution in [0.4, 0.5) is 5.69 Å². The number of phosphoric ester groups is 1. The van der Waals surface area contributed by atoms with Gasteiger partial charge in [-0.25, -0.2) is 9.36 Å². The molecule has 3 atom stereocenters. The number of non-ortho nitro benzene ring substituents is 1. The highest BCUT2D eigenvalue weighted by molar-refractivity contribution is 7.47. The fourth-order valence-corrected chi connectivity index (χ4v) is 2.97. The van der Waals surface area contributed by atoms with Crippen molar-refractivity contribution in [3.05, 3.63) is 67.5 Å². The normalized spacial score (nSPS) is 14.7. The summed E-state index contributed by atoms with van der Waals surface area (Å²) in [6.07, 6.45) is -1.53. The Balaban J connectivity index is 0.00000480. The van der Waals surface area contributed by atoms with Crippen molar-refractivity contribution >= 4 is 13.5 Å². The van der Waals surface area contributed by atoms with Crippen LogP contribution in [0.5, 0.6) is 5.75 Å². The molecular formula is C15H21N4O11P. The third-order valence-electron chi connectivity index (χ3n) is 3.56. The number of aliphatic hydroxyl groups is 2. The molecule has 0 aliphatic rings. The maximum atomic E-state index is 12.0. The zero-order chi connectivity index (χ0) is 22.3. The van der Waals surface area contributed by atoms with Gasteiger partial charge in [0.25, 0.3) is 11.2 Å². The Bertz CT molecular complexity index is 1020. The SMILES string of the molecule is N.O=c1ccn([C@@H](CO)O[C@@H](CO)COP(=O)(O)Oc2ccc([N+](=O)[O-])cc2)c(=O)[nH]1. The average molecular weight is 464 g/mol. The molecule has 1 heterocycles. The summed E-state index contributed by atoms with van der Waals surface area (Å²) in [6.45, 7) is -2.11. The lowest BCUT2D eigenvalue weighted by molar-refractivity contribution is -0.384. The first kappa shape index (κ1) is 26.1. The van der Waals surface area contributed by atoms with Gasteiger partial charge in [-0.05, 0) is 12.1 Å². The summed E-state index contributed by atoms with van der Waals surface area (Å²) < 4.78 is 27.7. The number of nitro benzene ring substituents is 1. The molecule has 1 unspecified atom stereocenters. The van der Waals surface area contributed by atoms with Crippen LogP contribution in [0.25, 0.3) is 0 Å². The molecule has 0 bridgehead atoms. The molecular weight excluding hydrogens is 443 g/mol. The monoisotopic (exact) mass is 464 g/mol. The molecule has 2 aromatic rings. The van der Waals surface area contributed by atoms with Gasteiger partial charge in [0.15, 0.2) is 6.23 Å². The Labute approximate surface area is 173 Å². The van der Waals surface area contributed by atoms with E-state index in [1.54, 1.807) is 0 Å². The van der Waals surface area contributed by atoms with Crippen LogP contribution in [0.15, 0.2) is 46.1 Å². The maximum Gasteiger partial charge on any atom is 0.527 e. The molecule has 15 nitrogen and oxygen atoms in total. The van der Waals surface area contributed by atoms with E-state index < -0.39 is 56.1 Å². The largest absolute Gasteiger partial charge is 0.527 e. The first-order valence-corrected chi connectivity index (χ1v) is 9.74. The number of hydrogen-bond donors (Lipinski definition) is 5. The van der Waals surface area contributed by atoms with Crippen LogP contribution in [0.1, 0.15) is 6.23 Å². The van der Waals surface area contributed by atoms with E-state index in [4.69, 9.17) is 13.8 Å². The predicted octanol–water partition coefficient (Wildman–Crippen LogP) is -0.329. The number of rotatable bonds is 11. The molecule has 0 aliphatic carbocycles. The van der Waals surface area contributed by atoms with Gasteiger partial charge in [0.2, 0.25) is 0 Å². The second-order valence-corrected chi connectivity index (χ2v) is 7.08. The average Bonchev–Trinajstić information content (AvgIpc) is 2.69. The molecule has 0 aliphatic heterocycles. The van der Waals surface area contributed by atoms with Crippen molar-refractivity contribution in [2.45, 2.75) is 12.3 Å². The lowest BCUT2D eigenvalue weighted by Crippen LogP contribution is -2.37. The summed E-state index contributed by atoms with van der Waals surface area (Å²) in [5.41, 5.74) is -1.80. The number of phosphoric acid groups is 1. The minimum atomic E-state index is -4.70. The van der Waals surface area contributed by atoms with Crippen molar-refractivity contribution in [2.75, 3.05) is 19.8 Å². The lowest BCUT2D eigenvalue weighted by Gasteiger charge is -2.24. The second-order valence-electron chi connectivity index (χ2n) is 5.70. The van der Waals surface area contributed by atoms with Crippen LogP contribution in [-0.2, 0) is 13.8 Å². The van der Waals surface area contributed by atoms with Crippen LogP contribution in [-0.4, -0.2) is 55.5 Å². The third kappa shape index (κ3) is 7.69. The summed E-state index contributed by atoms with van der Waals surface area (Å²) >= 11 is 0. The predicted molar refractivity (Wildman–Crippen MR) is 104 cm³/mol. The van der Waals surface area contributed by atoms with Gasteiger partial charge in [0.05, 0.1) is 24.7 Å². The minimum absolute atomic E-state index is 0. The highest BCUT2D eigenvalue weighted by Crippen LogP contribution is 2.44. The van der Waals surface area contributed by atoms with Gasteiger partial charge in [-0.1, -0.05) is 0 Å². The fraction of sp³-hybridized carbons (Fsp3) is 0.333. The smallest absolute Gasteiger partial charge is 0.404 e. The third-order valence-corrected chi connectivity index (χ3v) is 4.48. The van der Waals surface area contributed by atoms with Gasteiger partial charge in [0.1, 0.15) is 11.9 Å². The van der Waals surface area contributed by atoms with Crippen LogP contribution in [0, 0.1) is 10.1 Å². The Kier molecular flexibility index (Phi) is 9.67. The highest BCUT2D eigenvalue weighted by atomic mass is 31.2. The molecule has 1 aromatic heterocycles. The van der Waals surface area contributed by atoms with Gasteiger partial charge in [0, 0.05) is 24.4 Å². The lowest BCUT2D eigenvalue weighted by atomic mass is 10.3. The zero-order valence-corrected chi connectivity index (χ0v) is 16.8. The molecule has 2 rings (SSSR count). The Morgan fingerprint density at radius 2 is 1.81 bits per heavy atom. The summed E-state index contributed by atoms with van der Waals surface area (Å²) in [5.74, 6) is -0.180. The molecule has 0 spiro atoms. The summed E-state index contributed by atoms with van der Waals surface area (Å²) in [4.78, 5) is 44.6. The first-order valence-electron chi connectivity index (χ1n) is 8.25. The molecule has 7 N–H and O–H groups in total. The van der Waals surface area contributed by atoms with Gasteiger partial charge in [-0.15, -0.1) is 0 Å². The van der Waals surface area contributed by atoms with E-state index >= 15 is 0 Å². The Morgan fingerprint density at radius 3 is 2.32 bits per heavy atom. The number of nitrogens with zero attached hydrogens (tertiary/aromatic N) is 2. The van der Waals surface area contributed by atoms with Crippen molar-refractivity contribution < 1.29 is 38.4 Å². The number of nitro groups is 1. The molecule has 16 heteroatoms. The van der Waals surface area contributed by atoms with Crippen LogP contribution >= 0.6 is 7.82 Å². The van der Waals surface area contributed by atoms with Gasteiger partial charge in [-0.3, -0.25) is 33.9 Å². The van der Waals surface area contributed by atoms with Gasteiger partial charge < -0.3 is 25.6 Å². The van der Waals surface area contributed by atoms with E-state index in [0.717, 1.165) is 41.1 Å². The fourth-order valence-electron chi connectivity index (χ4n) is 2.17. The number of nitrogens with one attached hydrogen (secondary N) is 1. The molecule has 0 amide bonds. The van der Waals surface area contributed by atoms with E-state index in [2.05, 4.69) is 0 Å². The highest BCUT2D eigenvalue weighted by Gasteiger charge is 2.27. The molecule has 1 aromatic carbocycles. The maximum absolute atomic E-state index is 12.0. The van der Waals surface area contributed by atoms with Crippen molar-refractivity contribution in [1.29, 1.82) is 0 Å². The Hall–Kier alpha value is -2.91. The molecule has 172 valence electrons. The quantitative estimate of drug-likeness (QED) is 0.163. The van der Waals surface area contributed by atoms with Crippen LogP contribution in [0.2, 0.25) is 0 Å². The number of aromatic nitrogens is 2. The van der Waals surface area contributed by atoms with Crippen molar-refractivity contribution in [1.82, 2.24) is 15.7 Å². The van der Waals surface area contributed by atoms with Crippen molar-refractivity contribution in [3.8, 4) is 5.75 Å². The van der Waals surface area contributed by atoms with Gasteiger partial charge in [-0.2, -0.15) is 0 Å². The number of aromatic amines is 1. The number of aliphatic hydroxyl groups excluding tert-OH is 2. The van der Waals surface area contributed by atoms with Crippen LogP contribution < -0.4 is 21.9 Å². The van der Waals surface area contributed by atoms with E-state index in [1.165, 1.54) is 0 Å². The van der Waals surface area contributed by atoms with Crippen molar-refractivity contribution in [3.63, 3.8) is 0 Å². The molecule has 31 heavy (non-hydrogen) atoms. The number of ether oxygens (including phenoxy) is 1. The number of hydrogen-bond acceptors (Lipinski definition) is 11. The summed E-state index contributed by atoms with van der Waals surface area (Å²) in [6, 6.07) is 5.31. The molecule has 0 radical (unpaired) electrons. The van der Waals surface area contributed by atoms with E-state index in [0.29, 0.717) is 0 Å². The zero-order valence-electron chi connectivity index (χ0n) is 15.9. The van der Waals surface area contributed by atoms with Crippen molar-refractivity contribution in [2.24, 2.45) is 0 Å². The number of H-pyrrole nitrogens is 1. The minimum Gasteiger partial charge on any atom is -0.404 e. The van der Waals surface area contributed by atoms with Crippen LogP contribution in [0.3, 0.4) is 0 Å². The molecule has 0 saturated carbocycles. The standard InChI is InChI=1S/C15H18N3O11P.H3N/c19-7-12(28-14(8-20)17-6-5-13(21)16-15(17)22)9-27-30(25,26)29-11-3-1-10(2-4-11)18(23)24;/h1-6,12,14,19-20H,7-9H2,(H,25,26)(H,16,21,22);1H3/t12-,14+;/m0./s1. The molecule has 0 saturated heterocycles. The topological polar surface area (TPSA) is 238 Å². The first-order chi connectivity index (χ1) is 14.1. The second kappa shape index (κ2) is 11.5. The van der Waals surface area contributed by atoms with E-state index in [-0.39, 0.29) is 17.6 Å². The Morgan fingerprint density at radius 1 is 1.16 bits per heavy atom. The van der Waals surface area contributed by atoms with Gasteiger partial charge >= 0.3 is 13.5 Å². The molecule has 0 fully saturated rings.